The van der Waals surface area contributed by atoms with Gasteiger partial charge in [-0.2, -0.15) is 0 Å². The van der Waals surface area contributed by atoms with E-state index < -0.39 is 0 Å². The summed E-state index contributed by atoms with van der Waals surface area (Å²) >= 11 is 15.9. The van der Waals surface area contributed by atoms with Crippen molar-refractivity contribution in [2.24, 2.45) is 0 Å². The number of halogens is 3. The number of ether oxygens (including phenoxy) is 1. The highest BCUT2D eigenvalue weighted by atomic mass is 127. The zero-order valence-electron chi connectivity index (χ0n) is 16.6. The van der Waals surface area contributed by atoms with Crippen LogP contribution < -0.4 is 4.74 Å². The summed E-state index contributed by atoms with van der Waals surface area (Å²) in [5.41, 5.74) is 2.50. The third-order valence-electron chi connectivity index (χ3n) is 4.67. The Morgan fingerprint density at radius 1 is 0.938 bits per heavy atom. The van der Waals surface area contributed by atoms with Gasteiger partial charge >= 0.3 is 0 Å². The summed E-state index contributed by atoms with van der Waals surface area (Å²) in [7, 11) is 0. The molecule has 0 saturated carbocycles. The second-order valence-electron chi connectivity index (χ2n) is 6.98. The van der Waals surface area contributed by atoms with Crippen LogP contribution in [0.2, 0.25) is 10.0 Å². The third-order valence-corrected chi connectivity index (χ3v) is 6.86. The Hall–Kier alpha value is -2.00. The summed E-state index contributed by atoms with van der Waals surface area (Å²) in [6, 6.07) is 20.7. The molecule has 8 heteroatoms. The minimum Gasteiger partial charge on any atom is -0.486 e. The highest BCUT2D eigenvalue weighted by Crippen LogP contribution is 2.38. The molecule has 2 amide bonds. The van der Waals surface area contributed by atoms with E-state index in [2.05, 4.69) is 22.6 Å². The van der Waals surface area contributed by atoms with E-state index in [9.17, 15) is 9.59 Å². The van der Waals surface area contributed by atoms with E-state index in [0.29, 0.717) is 32.9 Å². The third kappa shape index (κ3) is 5.49. The van der Waals surface area contributed by atoms with Crippen molar-refractivity contribution in [3.05, 3.63) is 102 Å². The number of hydrogen-bond acceptors (Lipinski definition) is 4. The van der Waals surface area contributed by atoms with Crippen LogP contribution in [0.3, 0.4) is 0 Å². The Bertz CT molecular complexity index is 1180. The average molecular weight is 596 g/mol. The van der Waals surface area contributed by atoms with Crippen molar-refractivity contribution in [3.8, 4) is 5.75 Å². The van der Waals surface area contributed by atoms with Crippen molar-refractivity contribution in [3.63, 3.8) is 0 Å². The number of thioether (sulfide) groups is 1. The van der Waals surface area contributed by atoms with Crippen molar-refractivity contribution in [1.82, 2.24) is 4.90 Å². The maximum Gasteiger partial charge on any atom is 0.293 e. The van der Waals surface area contributed by atoms with Gasteiger partial charge in [0.15, 0.2) is 5.75 Å². The molecule has 0 N–H and O–H groups in total. The van der Waals surface area contributed by atoms with Crippen LogP contribution in [-0.4, -0.2) is 16.0 Å². The first-order chi connectivity index (χ1) is 15.4. The molecule has 1 saturated heterocycles. The zero-order chi connectivity index (χ0) is 22.7. The summed E-state index contributed by atoms with van der Waals surface area (Å²) in [5, 5.41) is 0.357. The summed E-state index contributed by atoms with van der Waals surface area (Å²) in [6.07, 6.45) is 1.62. The van der Waals surface area contributed by atoms with Gasteiger partial charge in [0.1, 0.15) is 6.61 Å². The molecule has 3 aromatic carbocycles. The van der Waals surface area contributed by atoms with Crippen molar-refractivity contribution in [2.75, 3.05) is 0 Å². The van der Waals surface area contributed by atoms with Crippen molar-refractivity contribution >= 4 is 74.8 Å². The lowest BCUT2D eigenvalue weighted by atomic mass is 10.2. The van der Waals surface area contributed by atoms with E-state index in [1.165, 1.54) is 4.90 Å². The van der Waals surface area contributed by atoms with Gasteiger partial charge in [0.2, 0.25) is 0 Å². The van der Waals surface area contributed by atoms with Crippen molar-refractivity contribution in [2.45, 2.75) is 13.2 Å². The van der Waals surface area contributed by atoms with Gasteiger partial charge in [0.25, 0.3) is 11.1 Å². The minimum absolute atomic E-state index is 0.229. The molecule has 3 aromatic rings. The van der Waals surface area contributed by atoms with Gasteiger partial charge in [-0.25, -0.2) is 0 Å². The number of rotatable bonds is 6. The zero-order valence-corrected chi connectivity index (χ0v) is 21.0. The van der Waals surface area contributed by atoms with Crippen LogP contribution in [0, 0.1) is 3.57 Å². The standard InChI is InChI=1S/C24H16Cl2INO3S/c25-19-10-17(11-20(26)22(19)31-14-16-4-2-1-3-5-16)12-21-23(29)28(24(30)32-21)13-15-6-8-18(27)9-7-15/h1-12H,13-14H2/b21-12-. The molecule has 4 rings (SSSR count). The van der Waals surface area contributed by atoms with Gasteiger partial charge in [-0.1, -0.05) is 65.7 Å². The SMILES string of the molecule is O=C1S/C(=C\c2cc(Cl)c(OCc3ccccc3)c(Cl)c2)C(=O)N1Cc1ccc(I)cc1. The number of carbonyl (C=O) groups excluding carboxylic acids is 2. The van der Waals surface area contributed by atoms with E-state index in [0.717, 1.165) is 26.5 Å². The fraction of sp³-hybridized carbons (Fsp3) is 0.0833. The van der Waals surface area contributed by atoms with Gasteiger partial charge in [-0.05, 0) is 81.4 Å². The molecular formula is C24H16Cl2INO3S. The number of hydrogen-bond donors (Lipinski definition) is 0. The van der Waals surface area contributed by atoms with Gasteiger partial charge in [-0.15, -0.1) is 0 Å². The van der Waals surface area contributed by atoms with E-state index in [-0.39, 0.29) is 17.7 Å². The second-order valence-corrected chi connectivity index (χ2v) is 10.0. The molecule has 1 fully saturated rings. The van der Waals surface area contributed by atoms with Gasteiger partial charge in [-0.3, -0.25) is 14.5 Å². The molecule has 4 nitrogen and oxygen atoms in total. The highest BCUT2D eigenvalue weighted by molar-refractivity contribution is 14.1. The fourth-order valence-electron chi connectivity index (χ4n) is 3.09. The Morgan fingerprint density at radius 3 is 2.25 bits per heavy atom. The summed E-state index contributed by atoms with van der Waals surface area (Å²) < 4.78 is 6.88. The molecule has 32 heavy (non-hydrogen) atoms. The normalized spacial score (nSPS) is 15.0. The van der Waals surface area contributed by atoms with Crippen LogP contribution in [0.1, 0.15) is 16.7 Å². The number of imide groups is 1. The van der Waals surface area contributed by atoms with Crippen LogP contribution in [0.25, 0.3) is 6.08 Å². The molecule has 0 atom stereocenters. The van der Waals surface area contributed by atoms with Crippen LogP contribution in [0.5, 0.6) is 5.75 Å². The topological polar surface area (TPSA) is 46.6 Å². The number of carbonyl (C=O) groups is 2. The van der Waals surface area contributed by atoms with Crippen molar-refractivity contribution < 1.29 is 14.3 Å². The molecule has 1 aliphatic rings. The molecule has 0 bridgehead atoms. The first-order valence-electron chi connectivity index (χ1n) is 9.56. The molecule has 0 spiro atoms. The maximum absolute atomic E-state index is 12.8. The Morgan fingerprint density at radius 2 is 1.59 bits per heavy atom. The monoisotopic (exact) mass is 595 g/mol. The lowest BCUT2D eigenvalue weighted by Gasteiger charge is -2.12. The average Bonchev–Trinajstić information content (AvgIpc) is 3.02. The smallest absolute Gasteiger partial charge is 0.293 e. The molecular weight excluding hydrogens is 580 g/mol. The maximum atomic E-state index is 12.8. The molecule has 0 unspecified atom stereocenters. The Balaban J connectivity index is 1.50. The first-order valence-corrected chi connectivity index (χ1v) is 12.2. The molecule has 1 aliphatic heterocycles. The largest absolute Gasteiger partial charge is 0.486 e. The van der Waals surface area contributed by atoms with E-state index in [1.807, 2.05) is 54.6 Å². The van der Waals surface area contributed by atoms with E-state index in [4.69, 9.17) is 27.9 Å². The van der Waals surface area contributed by atoms with Crippen LogP contribution in [0.15, 0.2) is 71.6 Å². The van der Waals surface area contributed by atoms with Crippen LogP contribution in [-0.2, 0) is 17.9 Å². The van der Waals surface area contributed by atoms with Crippen LogP contribution in [0.4, 0.5) is 4.79 Å². The molecule has 0 radical (unpaired) electrons. The molecule has 0 aliphatic carbocycles. The summed E-state index contributed by atoms with van der Waals surface area (Å²) in [6.45, 7) is 0.559. The quantitative estimate of drug-likeness (QED) is 0.220. The number of nitrogens with zero attached hydrogens (tertiary/aromatic N) is 1. The van der Waals surface area contributed by atoms with Crippen molar-refractivity contribution in [1.29, 1.82) is 0 Å². The fourth-order valence-corrected chi connectivity index (χ4v) is 4.90. The predicted octanol–water partition coefficient (Wildman–Crippen LogP) is 7.41. The Labute approximate surface area is 213 Å². The predicted molar refractivity (Wildman–Crippen MR) is 138 cm³/mol. The summed E-state index contributed by atoms with van der Waals surface area (Å²) in [4.78, 5) is 26.8. The van der Waals surface area contributed by atoms with Crippen LogP contribution >= 0.6 is 57.6 Å². The Kier molecular flexibility index (Phi) is 7.45. The van der Waals surface area contributed by atoms with E-state index in [1.54, 1.807) is 18.2 Å². The first kappa shape index (κ1) is 23.2. The molecule has 162 valence electrons. The lowest BCUT2D eigenvalue weighted by Crippen LogP contribution is -2.27. The molecule has 0 aromatic heterocycles. The number of benzene rings is 3. The minimum atomic E-state index is -0.338. The van der Waals surface area contributed by atoms with E-state index >= 15 is 0 Å². The van der Waals surface area contributed by atoms with Gasteiger partial charge in [0, 0.05) is 3.57 Å². The van der Waals surface area contributed by atoms with Gasteiger partial charge in [0.05, 0.1) is 21.5 Å². The lowest BCUT2D eigenvalue weighted by molar-refractivity contribution is -0.123. The van der Waals surface area contributed by atoms with Gasteiger partial charge < -0.3 is 4.74 Å². The highest BCUT2D eigenvalue weighted by Gasteiger charge is 2.35. The number of amides is 2. The summed E-state index contributed by atoms with van der Waals surface area (Å²) in [5.74, 6) is 0.0383. The second kappa shape index (κ2) is 10.3. The molecule has 1 heterocycles.